The number of hydrogen-bond acceptors (Lipinski definition) is 3. The number of nitrogens with two attached hydrogens (primary N) is 1. The third-order valence-electron chi connectivity index (χ3n) is 2.82. The van der Waals surface area contributed by atoms with Gasteiger partial charge in [0, 0.05) is 42.8 Å². The molecule has 0 aliphatic carbocycles. The van der Waals surface area contributed by atoms with Crippen LogP contribution in [0, 0.1) is 6.92 Å². The summed E-state index contributed by atoms with van der Waals surface area (Å²) in [5, 5.41) is 0. The standard InChI is InChI=1S/C13H23N3/c1-4-6-7-16(5-2)13-8-11(3)15-10-12(13)9-14/h8,10H,4-7,9,14H2,1-3H3. The molecule has 3 heteroatoms. The first-order valence-electron chi connectivity index (χ1n) is 6.13. The van der Waals surface area contributed by atoms with Crippen molar-refractivity contribution in [3.05, 3.63) is 23.5 Å². The van der Waals surface area contributed by atoms with Crippen LogP contribution >= 0.6 is 0 Å². The van der Waals surface area contributed by atoms with Crippen molar-refractivity contribution in [1.82, 2.24) is 4.98 Å². The van der Waals surface area contributed by atoms with Gasteiger partial charge in [-0.3, -0.25) is 4.98 Å². The molecule has 1 aromatic rings. The van der Waals surface area contributed by atoms with E-state index in [1.165, 1.54) is 18.5 Å². The SMILES string of the molecule is CCCCN(CC)c1cc(C)ncc1CN. The lowest BCUT2D eigenvalue weighted by atomic mass is 10.1. The van der Waals surface area contributed by atoms with Crippen LogP contribution in [0.2, 0.25) is 0 Å². The third-order valence-corrected chi connectivity index (χ3v) is 2.82. The van der Waals surface area contributed by atoms with E-state index in [2.05, 4.69) is 29.8 Å². The summed E-state index contributed by atoms with van der Waals surface area (Å²) >= 11 is 0. The number of pyridine rings is 1. The molecule has 3 nitrogen and oxygen atoms in total. The Labute approximate surface area is 98.7 Å². The Morgan fingerprint density at radius 1 is 1.38 bits per heavy atom. The van der Waals surface area contributed by atoms with E-state index in [9.17, 15) is 0 Å². The van der Waals surface area contributed by atoms with Gasteiger partial charge in [0.2, 0.25) is 0 Å². The average Bonchev–Trinajstić information content (AvgIpc) is 2.30. The fourth-order valence-electron chi connectivity index (χ4n) is 1.82. The second-order valence-electron chi connectivity index (χ2n) is 4.09. The molecule has 0 saturated carbocycles. The normalized spacial score (nSPS) is 10.5. The first kappa shape index (κ1) is 13.0. The molecule has 1 aromatic heterocycles. The van der Waals surface area contributed by atoms with Crippen molar-refractivity contribution in [2.45, 2.75) is 40.2 Å². The predicted molar refractivity (Wildman–Crippen MR) is 69.7 cm³/mol. The monoisotopic (exact) mass is 221 g/mol. The molecule has 2 N–H and O–H groups in total. The minimum absolute atomic E-state index is 0.561. The molecule has 0 fully saturated rings. The van der Waals surface area contributed by atoms with Gasteiger partial charge in [0.25, 0.3) is 0 Å². The van der Waals surface area contributed by atoms with Gasteiger partial charge >= 0.3 is 0 Å². The zero-order valence-electron chi connectivity index (χ0n) is 10.7. The number of rotatable bonds is 6. The van der Waals surface area contributed by atoms with Crippen LogP contribution < -0.4 is 10.6 Å². The Kier molecular flexibility index (Phi) is 5.26. The minimum Gasteiger partial charge on any atom is -0.371 e. The van der Waals surface area contributed by atoms with E-state index in [-0.39, 0.29) is 0 Å². The van der Waals surface area contributed by atoms with Crippen molar-refractivity contribution in [1.29, 1.82) is 0 Å². The number of nitrogens with zero attached hydrogens (tertiary/aromatic N) is 2. The molecule has 1 heterocycles. The second-order valence-corrected chi connectivity index (χ2v) is 4.09. The molecule has 0 atom stereocenters. The van der Waals surface area contributed by atoms with E-state index in [4.69, 9.17) is 5.73 Å². The molecule has 0 radical (unpaired) electrons. The van der Waals surface area contributed by atoms with Crippen molar-refractivity contribution < 1.29 is 0 Å². The molecule has 1 rings (SSSR count). The molecule has 0 aliphatic rings. The Bertz CT molecular complexity index is 323. The van der Waals surface area contributed by atoms with Crippen LogP contribution in [0.15, 0.2) is 12.3 Å². The van der Waals surface area contributed by atoms with Crippen molar-refractivity contribution >= 4 is 5.69 Å². The summed E-state index contributed by atoms with van der Waals surface area (Å²) in [6.45, 7) is 9.11. The van der Waals surface area contributed by atoms with Gasteiger partial charge in [0.05, 0.1) is 0 Å². The van der Waals surface area contributed by atoms with Crippen LogP contribution in [0.5, 0.6) is 0 Å². The number of hydrogen-bond donors (Lipinski definition) is 1. The summed E-state index contributed by atoms with van der Waals surface area (Å²) in [5.74, 6) is 0. The largest absolute Gasteiger partial charge is 0.371 e. The molecule has 0 aliphatic heterocycles. The van der Waals surface area contributed by atoms with Gasteiger partial charge in [-0.25, -0.2) is 0 Å². The number of aryl methyl sites for hydroxylation is 1. The highest BCUT2D eigenvalue weighted by atomic mass is 15.1. The zero-order chi connectivity index (χ0) is 12.0. The Morgan fingerprint density at radius 3 is 2.69 bits per heavy atom. The van der Waals surface area contributed by atoms with Gasteiger partial charge in [0.1, 0.15) is 0 Å². The molecular formula is C13H23N3. The number of unbranched alkanes of at least 4 members (excludes halogenated alkanes) is 1. The van der Waals surface area contributed by atoms with Crippen LogP contribution in [0.1, 0.15) is 37.9 Å². The van der Waals surface area contributed by atoms with E-state index >= 15 is 0 Å². The van der Waals surface area contributed by atoms with E-state index in [0.717, 1.165) is 24.3 Å². The van der Waals surface area contributed by atoms with Gasteiger partial charge in [-0.05, 0) is 26.3 Å². The van der Waals surface area contributed by atoms with Crippen molar-refractivity contribution in [2.75, 3.05) is 18.0 Å². The number of anilines is 1. The minimum atomic E-state index is 0.561. The smallest absolute Gasteiger partial charge is 0.0445 e. The Balaban J connectivity index is 2.92. The van der Waals surface area contributed by atoms with Crippen molar-refractivity contribution in [2.24, 2.45) is 5.73 Å². The lowest BCUT2D eigenvalue weighted by Gasteiger charge is -2.25. The summed E-state index contributed by atoms with van der Waals surface area (Å²) < 4.78 is 0. The maximum atomic E-state index is 5.76. The van der Waals surface area contributed by atoms with Crippen molar-refractivity contribution in [3.8, 4) is 0 Å². The lowest BCUT2D eigenvalue weighted by molar-refractivity contribution is 0.727. The fraction of sp³-hybridized carbons (Fsp3) is 0.615. The van der Waals surface area contributed by atoms with Gasteiger partial charge in [-0.2, -0.15) is 0 Å². The van der Waals surface area contributed by atoms with Gasteiger partial charge in [0.15, 0.2) is 0 Å². The molecule has 0 unspecified atom stereocenters. The van der Waals surface area contributed by atoms with Gasteiger partial charge < -0.3 is 10.6 Å². The Hall–Kier alpha value is -1.09. The third kappa shape index (κ3) is 3.20. The first-order chi connectivity index (χ1) is 7.72. The van der Waals surface area contributed by atoms with E-state index < -0.39 is 0 Å². The molecule has 0 amide bonds. The molecule has 90 valence electrons. The summed E-state index contributed by atoms with van der Waals surface area (Å²) in [5.41, 5.74) is 9.21. The molecule has 0 aromatic carbocycles. The zero-order valence-corrected chi connectivity index (χ0v) is 10.7. The fourth-order valence-corrected chi connectivity index (χ4v) is 1.82. The van der Waals surface area contributed by atoms with Gasteiger partial charge in [-0.15, -0.1) is 0 Å². The topological polar surface area (TPSA) is 42.2 Å². The highest BCUT2D eigenvalue weighted by molar-refractivity contribution is 5.53. The molecular weight excluding hydrogens is 198 g/mol. The quantitative estimate of drug-likeness (QED) is 0.802. The highest BCUT2D eigenvalue weighted by Crippen LogP contribution is 2.20. The molecule has 0 saturated heterocycles. The highest BCUT2D eigenvalue weighted by Gasteiger charge is 2.09. The van der Waals surface area contributed by atoms with Crippen LogP contribution in [0.4, 0.5) is 5.69 Å². The predicted octanol–water partition coefficient (Wildman–Crippen LogP) is 2.48. The van der Waals surface area contributed by atoms with Crippen LogP contribution in [0.3, 0.4) is 0 Å². The summed E-state index contributed by atoms with van der Waals surface area (Å²) in [6.07, 6.45) is 4.34. The van der Waals surface area contributed by atoms with E-state index in [1.54, 1.807) is 0 Å². The Morgan fingerprint density at radius 2 is 2.12 bits per heavy atom. The molecule has 0 spiro atoms. The van der Waals surface area contributed by atoms with Gasteiger partial charge in [-0.1, -0.05) is 13.3 Å². The van der Waals surface area contributed by atoms with Crippen LogP contribution in [-0.2, 0) is 6.54 Å². The van der Waals surface area contributed by atoms with E-state index in [0.29, 0.717) is 6.54 Å². The first-order valence-corrected chi connectivity index (χ1v) is 6.13. The molecule has 16 heavy (non-hydrogen) atoms. The van der Waals surface area contributed by atoms with Crippen molar-refractivity contribution in [3.63, 3.8) is 0 Å². The molecule has 0 bridgehead atoms. The van der Waals surface area contributed by atoms with Crippen LogP contribution in [-0.4, -0.2) is 18.1 Å². The van der Waals surface area contributed by atoms with E-state index in [1.807, 2.05) is 13.1 Å². The second kappa shape index (κ2) is 6.48. The average molecular weight is 221 g/mol. The summed E-state index contributed by atoms with van der Waals surface area (Å²) in [6, 6.07) is 2.14. The maximum absolute atomic E-state index is 5.76. The maximum Gasteiger partial charge on any atom is 0.0445 e. The summed E-state index contributed by atoms with van der Waals surface area (Å²) in [7, 11) is 0. The lowest BCUT2D eigenvalue weighted by Crippen LogP contribution is -2.25. The van der Waals surface area contributed by atoms with Crippen LogP contribution in [0.25, 0.3) is 0 Å². The number of aromatic nitrogens is 1. The summed E-state index contributed by atoms with van der Waals surface area (Å²) in [4.78, 5) is 6.69.